The molecule has 0 saturated heterocycles. The van der Waals surface area contributed by atoms with E-state index >= 15 is 0 Å². The fourth-order valence-corrected chi connectivity index (χ4v) is 1.45. The monoisotopic (exact) mass is 206 g/mol. The number of carbonyl (C=O) groups excluding carboxylic acids is 1. The van der Waals surface area contributed by atoms with Gasteiger partial charge in [-0.3, -0.25) is 0 Å². The van der Waals surface area contributed by atoms with E-state index in [1.807, 2.05) is 0 Å². The van der Waals surface area contributed by atoms with E-state index in [0.717, 1.165) is 12.3 Å². The highest BCUT2D eigenvalue weighted by Crippen LogP contribution is 2.32. The summed E-state index contributed by atoms with van der Waals surface area (Å²) in [5.41, 5.74) is 0.244. The molecule has 15 heavy (non-hydrogen) atoms. The van der Waals surface area contributed by atoms with E-state index in [4.69, 9.17) is 4.74 Å². The van der Waals surface area contributed by atoms with Crippen LogP contribution in [0.4, 0.5) is 0 Å². The second kappa shape index (κ2) is 4.34. The Morgan fingerprint density at radius 3 is 2.80 bits per heavy atom. The summed E-state index contributed by atoms with van der Waals surface area (Å²) in [6.07, 6.45) is 3.46. The van der Waals surface area contributed by atoms with Gasteiger partial charge in [-0.2, -0.15) is 0 Å². The van der Waals surface area contributed by atoms with Gasteiger partial charge < -0.3 is 9.84 Å². The Kier molecular flexibility index (Phi) is 2.90. The number of rotatable bonds is 4. The molecule has 1 aromatic carbocycles. The van der Waals surface area contributed by atoms with E-state index in [0.29, 0.717) is 6.61 Å². The zero-order chi connectivity index (χ0) is 10.7. The minimum Gasteiger partial charge on any atom is -0.507 e. The van der Waals surface area contributed by atoms with Crippen LogP contribution in [0.5, 0.6) is 5.75 Å². The molecule has 1 aromatic rings. The number of hydrogen-bond donors (Lipinski definition) is 1. The van der Waals surface area contributed by atoms with Crippen molar-refractivity contribution in [2.45, 2.75) is 19.3 Å². The van der Waals surface area contributed by atoms with Crippen LogP contribution in [-0.4, -0.2) is 17.7 Å². The summed E-state index contributed by atoms with van der Waals surface area (Å²) in [5.74, 6) is 0.296. The third-order valence-electron chi connectivity index (χ3n) is 2.58. The molecule has 0 spiro atoms. The van der Waals surface area contributed by atoms with E-state index in [1.54, 1.807) is 18.2 Å². The lowest BCUT2D eigenvalue weighted by molar-refractivity contribution is 0.0491. The molecule has 0 atom stereocenters. The zero-order valence-corrected chi connectivity index (χ0v) is 8.48. The van der Waals surface area contributed by atoms with E-state index in [9.17, 15) is 9.90 Å². The molecular weight excluding hydrogens is 192 g/mol. The van der Waals surface area contributed by atoms with Gasteiger partial charge in [-0.25, -0.2) is 4.79 Å². The molecule has 0 aliphatic heterocycles. The lowest BCUT2D eigenvalue weighted by Gasteiger charge is -2.05. The molecule has 0 unspecified atom stereocenters. The molecule has 1 aliphatic carbocycles. The molecular formula is C12H14O3. The smallest absolute Gasteiger partial charge is 0.341 e. The van der Waals surface area contributed by atoms with Gasteiger partial charge in [0.2, 0.25) is 0 Å². The highest BCUT2D eigenvalue weighted by Gasteiger charge is 2.21. The Hall–Kier alpha value is -1.51. The number of ether oxygens (including phenoxy) is 1. The number of phenols is 1. The molecule has 1 aliphatic rings. The van der Waals surface area contributed by atoms with Crippen LogP contribution in [-0.2, 0) is 4.74 Å². The van der Waals surface area contributed by atoms with Gasteiger partial charge >= 0.3 is 5.97 Å². The van der Waals surface area contributed by atoms with Crippen LogP contribution in [0, 0.1) is 5.92 Å². The molecule has 0 radical (unpaired) electrons. The quantitative estimate of drug-likeness (QED) is 0.769. The maximum atomic E-state index is 11.5. The number of hydrogen-bond acceptors (Lipinski definition) is 3. The van der Waals surface area contributed by atoms with Crippen molar-refractivity contribution >= 4 is 5.97 Å². The third kappa shape index (κ3) is 2.72. The Morgan fingerprint density at radius 1 is 1.40 bits per heavy atom. The van der Waals surface area contributed by atoms with Crippen molar-refractivity contribution in [2.75, 3.05) is 6.61 Å². The summed E-state index contributed by atoms with van der Waals surface area (Å²) >= 11 is 0. The van der Waals surface area contributed by atoms with Crippen molar-refractivity contribution in [1.29, 1.82) is 0 Å². The first-order valence-corrected chi connectivity index (χ1v) is 5.22. The standard InChI is InChI=1S/C12H14O3/c13-11-4-2-1-3-10(11)12(14)15-8-7-9-5-6-9/h1-4,9,13H,5-8H2. The van der Waals surface area contributed by atoms with Crippen LogP contribution in [0.25, 0.3) is 0 Å². The van der Waals surface area contributed by atoms with Crippen molar-refractivity contribution in [3.63, 3.8) is 0 Å². The first-order chi connectivity index (χ1) is 7.27. The van der Waals surface area contributed by atoms with Gasteiger partial charge in [0, 0.05) is 0 Å². The van der Waals surface area contributed by atoms with Crippen molar-refractivity contribution < 1.29 is 14.6 Å². The number of benzene rings is 1. The van der Waals surface area contributed by atoms with Crippen molar-refractivity contribution in [1.82, 2.24) is 0 Å². The average Bonchev–Trinajstić information content (AvgIpc) is 3.02. The second-order valence-electron chi connectivity index (χ2n) is 3.89. The van der Waals surface area contributed by atoms with Gasteiger partial charge in [-0.05, 0) is 24.5 Å². The molecule has 1 saturated carbocycles. The zero-order valence-electron chi connectivity index (χ0n) is 8.48. The number of para-hydroxylation sites is 1. The first kappa shape index (κ1) is 10.0. The van der Waals surface area contributed by atoms with Gasteiger partial charge in [0.1, 0.15) is 11.3 Å². The van der Waals surface area contributed by atoms with Crippen LogP contribution in [0.15, 0.2) is 24.3 Å². The minimum atomic E-state index is -0.436. The van der Waals surface area contributed by atoms with Crippen molar-refractivity contribution in [2.24, 2.45) is 5.92 Å². The SMILES string of the molecule is O=C(OCCC1CC1)c1ccccc1O. The molecule has 0 aromatic heterocycles. The molecule has 0 heterocycles. The molecule has 0 bridgehead atoms. The molecule has 3 nitrogen and oxygen atoms in total. The molecule has 1 fully saturated rings. The molecule has 3 heteroatoms. The van der Waals surface area contributed by atoms with Crippen LogP contribution >= 0.6 is 0 Å². The second-order valence-corrected chi connectivity index (χ2v) is 3.89. The summed E-state index contributed by atoms with van der Waals surface area (Å²) in [5, 5.41) is 9.40. The normalized spacial score (nSPS) is 14.9. The molecule has 1 N–H and O–H groups in total. The number of carbonyl (C=O) groups is 1. The van der Waals surface area contributed by atoms with E-state index in [2.05, 4.69) is 0 Å². The molecule has 2 rings (SSSR count). The summed E-state index contributed by atoms with van der Waals surface area (Å²) < 4.78 is 5.06. The predicted molar refractivity (Wildman–Crippen MR) is 55.7 cm³/mol. The number of aromatic hydroxyl groups is 1. The van der Waals surface area contributed by atoms with Crippen LogP contribution in [0.3, 0.4) is 0 Å². The highest BCUT2D eigenvalue weighted by atomic mass is 16.5. The van der Waals surface area contributed by atoms with Gasteiger partial charge in [0.05, 0.1) is 6.61 Å². The fraction of sp³-hybridized carbons (Fsp3) is 0.417. The highest BCUT2D eigenvalue weighted by molar-refractivity contribution is 5.92. The largest absolute Gasteiger partial charge is 0.507 e. The van der Waals surface area contributed by atoms with Crippen LogP contribution in [0.1, 0.15) is 29.6 Å². The minimum absolute atomic E-state index is 0.0195. The fourth-order valence-electron chi connectivity index (χ4n) is 1.45. The number of phenolic OH excluding ortho intramolecular Hbond substituents is 1. The van der Waals surface area contributed by atoms with E-state index in [1.165, 1.54) is 18.9 Å². The van der Waals surface area contributed by atoms with Gasteiger partial charge in [-0.15, -0.1) is 0 Å². The Bertz CT molecular complexity index is 356. The van der Waals surface area contributed by atoms with Crippen molar-refractivity contribution in [3.8, 4) is 5.75 Å². The Labute approximate surface area is 88.7 Å². The van der Waals surface area contributed by atoms with E-state index in [-0.39, 0.29) is 11.3 Å². The summed E-state index contributed by atoms with van der Waals surface area (Å²) in [6, 6.07) is 6.43. The van der Waals surface area contributed by atoms with Gasteiger partial charge in [0.15, 0.2) is 0 Å². The first-order valence-electron chi connectivity index (χ1n) is 5.22. The lowest BCUT2D eigenvalue weighted by Crippen LogP contribution is -2.06. The number of esters is 1. The maximum Gasteiger partial charge on any atom is 0.341 e. The average molecular weight is 206 g/mol. The molecule has 80 valence electrons. The third-order valence-corrected chi connectivity index (χ3v) is 2.58. The summed E-state index contributed by atoms with van der Waals surface area (Å²) in [4.78, 5) is 11.5. The Morgan fingerprint density at radius 2 is 2.13 bits per heavy atom. The summed E-state index contributed by atoms with van der Waals surface area (Å²) in [6.45, 7) is 0.456. The Balaban J connectivity index is 1.86. The topological polar surface area (TPSA) is 46.5 Å². The van der Waals surface area contributed by atoms with Crippen molar-refractivity contribution in [3.05, 3.63) is 29.8 Å². The molecule has 0 amide bonds. The van der Waals surface area contributed by atoms with Crippen LogP contribution < -0.4 is 0 Å². The van der Waals surface area contributed by atoms with E-state index < -0.39 is 5.97 Å². The van der Waals surface area contributed by atoms with Gasteiger partial charge in [-0.1, -0.05) is 25.0 Å². The van der Waals surface area contributed by atoms with Crippen LogP contribution in [0.2, 0.25) is 0 Å². The lowest BCUT2D eigenvalue weighted by atomic mass is 10.2. The predicted octanol–water partition coefficient (Wildman–Crippen LogP) is 2.35. The summed E-state index contributed by atoms with van der Waals surface area (Å²) in [7, 11) is 0. The maximum absolute atomic E-state index is 11.5. The van der Waals surface area contributed by atoms with Gasteiger partial charge in [0.25, 0.3) is 0 Å².